The first-order chi connectivity index (χ1) is 12.3. The number of benzene rings is 1. The maximum Gasteiger partial charge on any atom is 0.306 e. The van der Waals surface area contributed by atoms with Crippen molar-refractivity contribution in [2.45, 2.75) is 34.1 Å². The average Bonchev–Trinajstić information content (AvgIpc) is 2.89. The summed E-state index contributed by atoms with van der Waals surface area (Å²) in [4.78, 5) is 26.2. The van der Waals surface area contributed by atoms with E-state index in [4.69, 9.17) is 0 Å². The van der Waals surface area contributed by atoms with Crippen LogP contribution in [0.25, 0.3) is 5.69 Å². The van der Waals surface area contributed by atoms with Crippen LogP contribution in [-0.2, 0) is 4.79 Å². The zero-order chi connectivity index (χ0) is 19.0. The molecule has 2 heterocycles. The first kappa shape index (κ1) is 18.2. The number of carbonyl (C=O) groups excluding carboxylic acids is 1. The number of likely N-dealkylation sites (tertiary alicyclic amines) is 1. The van der Waals surface area contributed by atoms with Crippen molar-refractivity contribution in [3.8, 4) is 5.69 Å². The molecule has 1 saturated heterocycles. The molecular formula is C21H26N2O3. The Hall–Kier alpha value is -2.56. The van der Waals surface area contributed by atoms with Gasteiger partial charge >= 0.3 is 5.97 Å². The molecule has 0 aliphatic carbocycles. The van der Waals surface area contributed by atoms with Gasteiger partial charge < -0.3 is 14.6 Å². The van der Waals surface area contributed by atoms with Crippen LogP contribution < -0.4 is 0 Å². The lowest BCUT2D eigenvalue weighted by atomic mass is 9.87. The van der Waals surface area contributed by atoms with Gasteiger partial charge in [-0.3, -0.25) is 9.59 Å². The standard InChI is InChI=1S/C21H26N2O3/c1-13-7-5-6-8-19(13)23-15(3)11-18(16(23)4)20(24)22-10-9-17(21(25)26)14(2)12-22/h5-8,11,14,17H,9-10,12H2,1-4H3,(H,25,26). The van der Waals surface area contributed by atoms with Gasteiger partial charge in [0.25, 0.3) is 5.91 Å². The van der Waals surface area contributed by atoms with E-state index in [9.17, 15) is 14.7 Å². The minimum absolute atomic E-state index is 0.00590. The van der Waals surface area contributed by atoms with Crippen molar-refractivity contribution < 1.29 is 14.7 Å². The van der Waals surface area contributed by atoms with Gasteiger partial charge in [0.15, 0.2) is 0 Å². The number of hydrogen-bond donors (Lipinski definition) is 1. The Morgan fingerprint density at radius 2 is 1.85 bits per heavy atom. The van der Waals surface area contributed by atoms with Gasteiger partial charge in [-0.2, -0.15) is 0 Å². The van der Waals surface area contributed by atoms with Crippen molar-refractivity contribution in [3.63, 3.8) is 0 Å². The summed E-state index contributed by atoms with van der Waals surface area (Å²) in [5, 5.41) is 9.28. The highest BCUT2D eigenvalue weighted by atomic mass is 16.4. The molecule has 3 rings (SSSR count). The number of rotatable bonds is 3. The molecule has 2 aromatic rings. The average molecular weight is 354 g/mol. The molecular weight excluding hydrogens is 328 g/mol. The number of aliphatic carboxylic acids is 1. The van der Waals surface area contributed by atoms with Crippen molar-refractivity contribution in [1.29, 1.82) is 0 Å². The van der Waals surface area contributed by atoms with Gasteiger partial charge in [-0.05, 0) is 50.8 Å². The van der Waals surface area contributed by atoms with Crippen molar-refractivity contribution >= 4 is 11.9 Å². The zero-order valence-electron chi connectivity index (χ0n) is 15.8. The summed E-state index contributed by atoms with van der Waals surface area (Å²) in [5.74, 6) is -1.17. The van der Waals surface area contributed by atoms with Gasteiger partial charge in [0.1, 0.15) is 0 Å². The Morgan fingerprint density at radius 3 is 2.46 bits per heavy atom. The minimum atomic E-state index is -0.762. The molecule has 1 aliphatic heterocycles. The van der Waals surface area contributed by atoms with Crippen molar-refractivity contribution in [2.75, 3.05) is 13.1 Å². The predicted molar refractivity (Wildman–Crippen MR) is 101 cm³/mol. The summed E-state index contributed by atoms with van der Waals surface area (Å²) >= 11 is 0. The van der Waals surface area contributed by atoms with Gasteiger partial charge in [-0.25, -0.2) is 0 Å². The van der Waals surface area contributed by atoms with Crippen LogP contribution in [-0.4, -0.2) is 39.5 Å². The monoisotopic (exact) mass is 354 g/mol. The van der Waals surface area contributed by atoms with Crippen molar-refractivity contribution in [2.24, 2.45) is 11.8 Å². The molecule has 5 heteroatoms. The molecule has 0 spiro atoms. The van der Waals surface area contributed by atoms with Crippen LogP contribution in [0.2, 0.25) is 0 Å². The molecule has 138 valence electrons. The van der Waals surface area contributed by atoms with Gasteiger partial charge in [0.2, 0.25) is 0 Å². The Morgan fingerprint density at radius 1 is 1.15 bits per heavy atom. The highest BCUT2D eigenvalue weighted by Crippen LogP contribution is 2.28. The van der Waals surface area contributed by atoms with Crippen LogP contribution in [0.4, 0.5) is 0 Å². The molecule has 2 atom stereocenters. The van der Waals surface area contributed by atoms with Crippen molar-refractivity contribution in [3.05, 3.63) is 52.8 Å². The number of aromatic nitrogens is 1. The Labute approximate surface area is 154 Å². The second-order valence-electron chi connectivity index (χ2n) is 7.37. The number of para-hydroxylation sites is 1. The van der Waals surface area contributed by atoms with Gasteiger partial charge in [0, 0.05) is 30.2 Å². The van der Waals surface area contributed by atoms with Gasteiger partial charge in [0.05, 0.1) is 11.5 Å². The number of aryl methyl sites for hydroxylation is 2. The number of nitrogens with zero attached hydrogens (tertiary/aromatic N) is 2. The predicted octanol–water partition coefficient (Wildman–Crippen LogP) is 3.59. The smallest absolute Gasteiger partial charge is 0.306 e. The topological polar surface area (TPSA) is 62.5 Å². The van der Waals surface area contributed by atoms with Crippen LogP contribution in [0.15, 0.2) is 30.3 Å². The summed E-state index contributed by atoms with van der Waals surface area (Å²) in [6, 6.07) is 10.1. The Balaban J connectivity index is 1.89. The fourth-order valence-electron chi connectivity index (χ4n) is 4.03. The van der Waals surface area contributed by atoms with E-state index >= 15 is 0 Å². The molecule has 0 saturated carbocycles. The van der Waals surface area contributed by atoms with E-state index in [0.717, 1.165) is 22.6 Å². The first-order valence-corrected chi connectivity index (χ1v) is 9.08. The third kappa shape index (κ3) is 3.14. The lowest BCUT2D eigenvalue weighted by Crippen LogP contribution is -2.45. The molecule has 0 radical (unpaired) electrons. The van der Waals surface area contributed by atoms with E-state index < -0.39 is 5.97 Å². The minimum Gasteiger partial charge on any atom is -0.481 e. The maximum atomic E-state index is 13.1. The second kappa shape index (κ2) is 6.98. The molecule has 5 nitrogen and oxygen atoms in total. The second-order valence-corrected chi connectivity index (χ2v) is 7.37. The Bertz CT molecular complexity index is 853. The van der Waals surface area contributed by atoms with E-state index in [1.807, 2.05) is 39.0 Å². The molecule has 1 aromatic carbocycles. The van der Waals surface area contributed by atoms with E-state index in [1.165, 1.54) is 0 Å². The summed E-state index contributed by atoms with van der Waals surface area (Å²) < 4.78 is 2.12. The normalized spacial score (nSPS) is 20.2. The van der Waals surface area contributed by atoms with Crippen LogP contribution in [0, 0.1) is 32.6 Å². The Kier molecular flexibility index (Phi) is 4.90. The first-order valence-electron chi connectivity index (χ1n) is 9.08. The molecule has 1 aromatic heterocycles. The molecule has 1 amide bonds. The van der Waals surface area contributed by atoms with Crippen LogP contribution in [0.3, 0.4) is 0 Å². The third-order valence-electron chi connectivity index (χ3n) is 5.53. The fourth-order valence-corrected chi connectivity index (χ4v) is 4.03. The fraction of sp³-hybridized carbons (Fsp3) is 0.429. The molecule has 1 fully saturated rings. The number of amides is 1. The lowest BCUT2D eigenvalue weighted by Gasteiger charge is -2.35. The van der Waals surface area contributed by atoms with Gasteiger partial charge in [-0.15, -0.1) is 0 Å². The molecule has 26 heavy (non-hydrogen) atoms. The van der Waals surface area contributed by atoms with E-state index in [1.54, 1.807) is 4.90 Å². The number of carboxylic acid groups (broad SMARTS) is 1. The summed E-state index contributed by atoms with van der Waals surface area (Å²) in [6.45, 7) is 8.94. The van der Waals surface area contributed by atoms with E-state index in [2.05, 4.69) is 23.6 Å². The zero-order valence-corrected chi connectivity index (χ0v) is 15.8. The van der Waals surface area contributed by atoms with E-state index in [0.29, 0.717) is 25.1 Å². The third-order valence-corrected chi connectivity index (χ3v) is 5.53. The highest BCUT2D eigenvalue weighted by molar-refractivity contribution is 5.96. The number of carboxylic acids is 1. The SMILES string of the molecule is Cc1ccccc1-n1c(C)cc(C(=O)N2CCC(C(=O)O)C(C)C2)c1C. The summed E-state index contributed by atoms with van der Waals surface area (Å²) in [5.41, 5.74) is 4.89. The molecule has 0 bridgehead atoms. The largest absolute Gasteiger partial charge is 0.481 e. The molecule has 1 aliphatic rings. The number of hydrogen-bond acceptors (Lipinski definition) is 2. The summed E-state index contributed by atoms with van der Waals surface area (Å²) in [7, 11) is 0. The lowest BCUT2D eigenvalue weighted by molar-refractivity contribution is -0.145. The van der Waals surface area contributed by atoms with Crippen LogP contribution in [0.5, 0.6) is 0 Å². The molecule has 2 unspecified atom stereocenters. The number of carbonyl (C=O) groups is 2. The quantitative estimate of drug-likeness (QED) is 0.916. The van der Waals surface area contributed by atoms with Crippen molar-refractivity contribution in [1.82, 2.24) is 9.47 Å². The van der Waals surface area contributed by atoms with E-state index in [-0.39, 0.29) is 17.7 Å². The molecule has 1 N–H and O–H groups in total. The van der Waals surface area contributed by atoms with Crippen LogP contribution >= 0.6 is 0 Å². The summed E-state index contributed by atoms with van der Waals surface area (Å²) in [6.07, 6.45) is 0.513. The number of piperidine rings is 1. The highest BCUT2D eigenvalue weighted by Gasteiger charge is 2.34. The van der Waals surface area contributed by atoms with Crippen LogP contribution in [0.1, 0.15) is 40.7 Å². The maximum absolute atomic E-state index is 13.1. The van der Waals surface area contributed by atoms with Gasteiger partial charge in [-0.1, -0.05) is 25.1 Å².